The van der Waals surface area contributed by atoms with Gasteiger partial charge in [0.15, 0.2) is 6.10 Å². The second kappa shape index (κ2) is 9.73. The number of hydrogen-bond acceptors (Lipinski definition) is 3. The van der Waals surface area contributed by atoms with Crippen molar-refractivity contribution < 1.29 is 27.5 Å². The third-order valence-corrected chi connectivity index (χ3v) is 3.87. The summed E-state index contributed by atoms with van der Waals surface area (Å²) in [5, 5.41) is 2.68. The Hall–Kier alpha value is -3.09. The van der Waals surface area contributed by atoms with Crippen LogP contribution in [0.25, 0.3) is 6.08 Å². The third-order valence-electron chi connectivity index (χ3n) is 3.87. The van der Waals surface area contributed by atoms with E-state index < -0.39 is 29.7 Å². The lowest BCUT2D eigenvalue weighted by molar-refractivity contribution is -0.150. The minimum Gasteiger partial charge on any atom is -0.449 e. The zero-order valence-corrected chi connectivity index (χ0v) is 15.2. The summed E-state index contributed by atoms with van der Waals surface area (Å²) in [7, 11) is 0. The van der Waals surface area contributed by atoms with E-state index in [9.17, 15) is 22.8 Å². The lowest BCUT2D eigenvalue weighted by Gasteiger charge is -2.12. The highest BCUT2D eigenvalue weighted by molar-refractivity contribution is 5.90. The molecule has 0 saturated carbocycles. The molecule has 0 radical (unpaired) electrons. The highest BCUT2D eigenvalue weighted by Crippen LogP contribution is 2.29. The highest BCUT2D eigenvalue weighted by Gasteiger charge is 2.29. The van der Waals surface area contributed by atoms with E-state index in [0.29, 0.717) is 18.5 Å². The van der Waals surface area contributed by atoms with Crippen molar-refractivity contribution in [2.24, 2.45) is 0 Å². The number of alkyl halides is 3. The molecule has 148 valence electrons. The van der Waals surface area contributed by atoms with Crippen molar-refractivity contribution in [2.75, 3.05) is 6.54 Å². The van der Waals surface area contributed by atoms with Gasteiger partial charge in [0.05, 0.1) is 5.56 Å². The molecule has 1 N–H and O–H groups in total. The van der Waals surface area contributed by atoms with Crippen molar-refractivity contribution >= 4 is 18.0 Å². The number of ether oxygens (including phenoxy) is 1. The normalized spacial score (nSPS) is 12.6. The fourth-order valence-electron chi connectivity index (χ4n) is 2.33. The quantitative estimate of drug-likeness (QED) is 0.573. The van der Waals surface area contributed by atoms with E-state index >= 15 is 0 Å². The first-order chi connectivity index (χ1) is 13.3. The van der Waals surface area contributed by atoms with Crippen LogP contribution in [0.5, 0.6) is 0 Å². The molecule has 0 spiro atoms. The molecule has 28 heavy (non-hydrogen) atoms. The largest absolute Gasteiger partial charge is 0.449 e. The Morgan fingerprint density at radius 2 is 1.71 bits per heavy atom. The van der Waals surface area contributed by atoms with Crippen molar-refractivity contribution in [1.29, 1.82) is 0 Å². The number of hydrogen-bond donors (Lipinski definition) is 1. The number of carbonyl (C=O) groups is 2. The van der Waals surface area contributed by atoms with Gasteiger partial charge in [-0.15, -0.1) is 0 Å². The zero-order valence-electron chi connectivity index (χ0n) is 15.2. The van der Waals surface area contributed by atoms with Crippen LogP contribution in [0.3, 0.4) is 0 Å². The number of amides is 1. The first-order valence-corrected chi connectivity index (χ1v) is 8.63. The van der Waals surface area contributed by atoms with Crippen LogP contribution in [-0.2, 0) is 26.9 Å². The molecule has 0 aliphatic rings. The fourth-order valence-corrected chi connectivity index (χ4v) is 2.33. The Bertz CT molecular complexity index is 815. The Morgan fingerprint density at radius 1 is 1.07 bits per heavy atom. The Labute approximate surface area is 161 Å². The number of nitrogens with one attached hydrogen (secondary N) is 1. The minimum atomic E-state index is -4.41. The predicted molar refractivity (Wildman–Crippen MR) is 99.2 cm³/mol. The van der Waals surface area contributed by atoms with Crippen LogP contribution in [0.2, 0.25) is 0 Å². The maximum absolute atomic E-state index is 12.5. The van der Waals surface area contributed by atoms with Gasteiger partial charge in [-0.3, -0.25) is 4.79 Å². The topological polar surface area (TPSA) is 55.4 Å². The van der Waals surface area contributed by atoms with Crippen LogP contribution in [0, 0.1) is 0 Å². The van der Waals surface area contributed by atoms with Gasteiger partial charge < -0.3 is 10.1 Å². The molecule has 0 fully saturated rings. The van der Waals surface area contributed by atoms with Gasteiger partial charge in [0.1, 0.15) is 0 Å². The number of benzene rings is 2. The standard InChI is InChI=1S/C21H20F3NO3/c1-15(20(27)25-14-13-16-5-3-2-4-6-16)28-19(26)12-9-17-7-10-18(11-8-17)21(22,23)24/h2-12,15H,13-14H2,1H3,(H,25,27)/b12-9+/t15-/m0/s1. The molecule has 0 bridgehead atoms. The SMILES string of the molecule is C[C@H](OC(=O)/C=C/c1ccc(C(F)(F)F)cc1)C(=O)NCCc1ccccc1. The summed E-state index contributed by atoms with van der Waals surface area (Å²) < 4.78 is 42.5. The van der Waals surface area contributed by atoms with Crippen molar-refractivity contribution in [2.45, 2.75) is 25.6 Å². The smallest absolute Gasteiger partial charge is 0.416 e. The van der Waals surface area contributed by atoms with E-state index in [0.717, 1.165) is 23.8 Å². The van der Waals surface area contributed by atoms with Gasteiger partial charge in [-0.1, -0.05) is 42.5 Å². The third kappa shape index (κ3) is 6.90. The average Bonchev–Trinajstić information content (AvgIpc) is 2.66. The van der Waals surface area contributed by atoms with E-state index in [4.69, 9.17) is 4.74 Å². The van der Waals surface area contributed by atoms with Crippen LogP contribution in [0.15, 0.2) is 60.7 Å². The number of carbonyl (C=O) groups excluding carboxylic acids is 2. The predicted octanol–water partition coefficient (Wildman–Crippen LogP) is 4.01. The van der Waals surface area contributed by atoms with Crippen LogP contribution in [-0.4, -0.2) is 24.5 Å². The average molecular weight is 391 g/mol. The summed E-state index contributed by atoms with van der Waals surface area (Å²) in [4.78, 5) is 23.7. The molecule has 0 aliphatic carbocycles. The van der Waals surface area contributed by atoms with Crippen molar-refractivity contribution in [3.05, 3.63) is 77.4 Å². The van der Waals surface area contributed by atoms with Crippen LogP contribution >= 0.6 is 0 Å². The van der Waals surface area contributed by atoms with E-state index in [1.54, 1.807) is 0 Å². The number of rotatable bonds is 7. The summed E-state index contributed by atoms with van der Waals surface area (Å²) in [5.41, 5.74) is 0.713. The Kier molecular flexibility index (Phi) is 7.37. The molecule has 0 aliphatic heterocycles. The molecular formula is C21H20F3NO3. The van der Waals surface area contributed by atoms with E-state index in [1.807, 2.05) is 30.3 Å². The molecule has 2 aromatic rings. The summed E-state index contributed by atoms with van der Waals surface area (Å²) >= 11 is 0. The van der Waals surface area contributed by atoms with Crippen LogP contribution in [0.1, 0.15) is 23.6 Å². The van der Waals surface area contributed by atoms with Crippen molar-refractivity contribution in [3.8, 4) is 0 Å². The summed E-state index contributed by atoms with van der Waals surface area (Å²) in [5.74, 6) is -1.18. The molecule has 4 nitrogen and oxygen atoms in total. The van der Waals surface area contributed by atoms with E-state index in [-0.39, 0.29) is 0 Å². The van der Waals surface area contributed by atoms with E-state index in [2.05, 4.69) is 5.32 Å². The van der Waals surface area contributed by atoms with Gasteiger partial charge in [-0.05, 0) is 42.7 Å². The number of esters is 1. The fraction of sp³-hybridized carbons (Fsp3) is 0.238. The highest BCUT2D eigenvalue weighted by atomic mass is 19.4. The molecule has 7 heteroatoms. The van der Waals surface area contributed by atoms with Gasteiger partial charge in [0, 0.05) is 12.6 Å². The molecule has 1 amide bonds. The number of halogens is 3. The summed E-state index contributed by atoms with van der Waals surface area (Å²) in [6.07, 6.45) is -2.36. The molecule has 2 rings (SSSR count). The molecule has 0 saturated heterocycles. The Balaban J connectivity index is 1.78. The van der Waals surface area contributed by atoms with Gasteiger partial charge >= 0.3 is 12.1 Å². The maximum Gasteiger partial charge on any atom is 0.416 e. The lowest BCUT2D eigenvalue weighted by Crippen LogP contribution is -2.36. The van der Waals surface area contributed by atoms with Gasteiger partial charge in [-0.2, -0.15) is 13.2 Å². The molecule has 0 aromatic heterocycles. The monoisotopic (exact) mass is 391 g/mol. The van der Waals surface area contributed by atoms with Crippen LogP contribution in [0.4, 0.5) is 13.2 Å². The van der Waals surface area contributed by atoms with Gasteiger partial charge in [-0.25, -0.2) is 4.79 Å². The Morgan fingerprint density at radius 3 is 2.32 bits per heavy atom. The molecule has 0 heterocycles. The molecule has 0 unspecified atom stereocenters. The van der Waals surface area contributed by atoms with E-state index in [1.165, 1.54) is 25.1 Å². The van der Waals surface area contributed by atoms with Crippen molar-refractivity contribution in [1.82, 2.24) is 5.32 Å². The molecule has 2 aromatic carbocycles. The molecule has 1 atom stereocenters. The summed E-state index contributed by atoms with van der Waals surface area (Å²) in [6.45, 7) is 1.86. The summed E-state index contributed by atoms with van der Waals surface area (Å²) in [6, 6.07) is 13.9. The first-order valence-electron chi connectivity index (χ1n) is 8.63. The first kappa shape index (κ1) is 21.2. The van der Waals surface area contributed by atoms with Crippen molar-refractivity contribution in [3.63, 3.8) is 0 Å². The van der Waals surface area contributed by atoms with Gasteiger partial charge in [0.25, 0.3) is 5.91 Å². The van der Waals surface area contributed by atoms with Gasteiger partial charge in [0.2, 0.25) is 0 Å². The second-order valence-corrected chi connectivity index (χ2v) is 6.06. The lowest BCUT2D eigenvalue weighted by atomic mass is 10.1. The zero-order chi connectivity index (χ0) is 20.6. The minimum absolute atomic E-state index is 0.407. The second-order valence-electron chi connectivity index (χ2n) is 6.06. The molecular weight excluding hydrogens is 371 g/mol. The maximum atomic E-state index is 12.5. The van der Waals surface area contributed by atoms with Crippen LogP contribution < -0.4 is 5.32 Å².